The van der Waals surface area contributed by atoms with Crippen LogP contribution in [0.5, 0.6) is 0 Å². The van der Waals surface area contributed by atoms with Crippen molar-refractivity contribution in [3.63, 3.8) is 0 Å². The Bertz CT molecular complexity index is 246. The number of hydrogen-bond acceptors (Lipinski definition) is 4. The van der Waals surface area contributed by atoms with Crippen LogP contribution in [0.4, 0.5) is 0 Å². The highest BCUT2D eigenvalue weighted by Crippen LogP contribution is 2.13. The van der Waals surface area contributed by atoms with Crippen molar-refractivity contribution in [2.45, 2.75) is 45.3 Å². The lowest BCUT2D eigenvalue weighted by Gasteiger charge is -2.34. The minimum atomic E-state index is -0.762. The summed E-state index contributed by atoms with van der Waals surface area (Å²) in [5.74, 6) is -0.762. The monoisotopic (exact) mass is 258 g/mol. The molecule has 1 aliphatic heterocycles. The summed E-state index contributed by atoms with van der Waals surface area (Å²) in [6, 6.07) is -0.467. The van der Waals surface area contributed by atoms with Crippen LogP contribution in [0.1, 0.15) is 33.1 Å². The fourth-order valence-corrected chi connectivity index (χ4v) is 2.36. The lowest BCUT2D eigenvalue weighted by Crippen LogP contribution is -2.50. The van der Waals surface area contributed by atoms with E-state index in [2.05, 4.69) is 10.2 Å². The quantitative estimate of drug-likeness (QED) is 0.678. The minimum Gasteiger partial charge on any atom is -0.480 e. The minimum absolute atomic E-state index is 0.268. The maximum absolute atomic E-state index is 11.2. The molecule has 0 amide bonds. The van der Waals surface area contributed by atoms with E-state index in [1.807, 2.05) is 13.8 Å². The van der Waals surface area contributed by atoms with Crippen LogP contribution in [0.3, 0.4) is 0 Å². The first-order valence-corrected chi connectivity index (χ1v) is 6.97. The molecule has 1 saturated heterocycles. The van der Waals surface area contributed by atoms with Crippen LogP contribution < -0.4 is 5.32 Å². The molecular formula is C13H26N2O3. The Labute approximate surface area is 109 Å². The van der Waals surface area contributed by atoms with Crippen molar-refractivity contribution >= 4 is 5.97 Å². The normalized spacial score (nSPS) is 22.9. The highest BCUT2D eigenvalue weighted by molar-refractivity contribution is 5.73. The molecule has 0 radical (unpaired) electrons. The Kier molecular flexibility index (Phi) is 7.23. The zero-order chi connectivity index (χ0) is 13.4. The van der Waals surface area contributed by atoms with Crippen molar-refractivity contribution in [2.75, 3.05) is 32.8 Å². The molecule has 1 rings (SSSR count). The third-order valence-electron chi connectivity index (χ3n) is 3.24. The maximum Gasteiger partial charge on any atom is 0.322 e. The molecule has 2 atom stereocenters. The van der Waals surface area contributed by atoms with Crippen LogP contribution in [0.25, 0.3) is 0 Å². The number of aliphatic carboxylic acids is 1. The van der Waals surface area contributed by atoms with E-state index >= 15 is 0 Å². The van der Waals surface area contributed by atoms with Gasteiger partial charge in [-0.25, -0.2) is 0 Å². The molecule has 0 aromatic rings. The molecule has 5 heteroatoms. The Morgan fingerprint density at radius 1 is 1.56 bits per heavy atom. The van der Waals surface area contributed by atoms with Gasteiger partial charge in [0.15, 0.2) is 0 Å². The van der Waals surface area contributed by atoms with Gasteiger partial charge in [-0.3, -0.25) is 9.69 Å². The Morgan fingerprint density at radius 2 is 2.33 bits per heavy atom. The number of carboxylic acids is 1. The van der Waals surface area contributed by atoms with Crippen LogP contribution in [0, 0.1) is 0 Å². The molecule has 2 N–H and O–H groups in total. The molecule has 0 aliphatic carbocycles. The van der Waals surface area contributed by atoms with Gasteiger partial charge in [-0.2, -0.15) is 0 Å². The summed E-state index contributed by atoms with van der Waals surface area (Å²) in [6.07, 6.45) is 3.39. The van der Waals surface area contributed by atoms with Crippen molar-refractivity contribution < 1.29 is 14.6 Å². The molecule has 0 bridgehead atoms. The second kappa shape index (κ2) is 8.45. The first-order valence-electron chi connectivity index (χ1n) is 6.97. The third kappa shape index (κ3) is 5.33. The lowest BCUT2D eigenvalue weighted by atomic mass is 10.1. The number of carbonyl (C=O) groups is 1. The summed E-state index contributed by atoms with van der Waals surface area (Å²) in [5.41, 5.74) is 0. The summed E-state index contributed by atoms with van der Waals surface area (Å²) in [6.45, 7) is 7.92. The number of ether oxygens (including phenoxy) is 1. The van der Waals surface area contributed by atoms with E-state index in [1.54, 1.807) is 0 Å². The molecule has 0 aromatic carbocycles. The van der Waals surface area contributed by atoms with Gasteiger partial charge >= 0.3 is 5.97 Å². The first kappa shape index (κ1) is 15.4. The van der Waals surface area contributed by atoms with E-state index < -0.39 is 12.0 Å². The highest BCUT2D eigenvalue weighted by atomic mass is 16.5. The van der Waals surface area contributed by atoms with Gasteiger partial charge in [0, 0.05) is 19.7 Å². The van der Waals surface area contributed by atoms with E-state index in [9.17, 15) is 9.90 Å². The predicted molar refractivity (Wildman–Crippen MR) is 70.8 cm³/mol. The van der Waals surface area contributed by atoms with E-state index in [0.717, 1.165) is 45.5 Å². The van der Waals surface area contributed by atoms with Crippen molar-refractivity contribution in [2.24, 2.45) is 0 Å². The van der Waals surface area contributed by atoms with Gasteiger partial charge in [-0.15, -0.1) is 0 Å². The molecule has 0 aromatic heterocycles. The van der Waals surface area contributed by atoms with Gasteiger partial charge in [-0.05, 0) is 39.3 Å². The summed E-state index contributed by atoms with van der Waals surface area (Å²) in [4.78, 5) is 13.4. The van der Waals surface area contributed by atoms with E-state index in [4.69, 9.17) is 4.74 Å². The average Bonchev–Trinajstić information content (AvgIpc) is 2.35. The summed E-state index contributed by atoms with van der Waals surface area (Å²) >= 11 is 0. The molecule has 0 saturated carbocycles. The van der Waals surface area contributed by atoms with E-state index in [0.29, 0.717) is 6.54 Å². The van der Waals surface area contributed by atoms with Crippen LogP contribution >= 0.6 is 0 Å². The van der Waals surface area contributed by atoms with Gasteiger partial charge in [0.25, 0.3) is 0 Å². The molecule has 18 heavy (non-hydrogen) atoms. The largest absolute Gasteiger partial charge is 0.480 e. The number of hydrogen-bond donors (Lipinski definition) is 2. The number of carboxylic acid groups (broad SMARTS) is 1. The van der Waals surface area contributed by atoms with Crippen molar-refractivity contribution in [3.8, 4) is 0 Å². The van der Waals surface area contributed by atoms with Crippen LogP contribution in [-0.2, 0) is 9.53 Å². The molecule has 5 nitrogen and oxygen atoms in total. The fraction of sp³-hybridized carbons (Fsp3) is 0.923. The standard InChI is InChI=1S/C13H26N2O3/c1-3-7-14-12(13(16)17)10-15-8-5-6-11(9-15)18-4-2/h11-12,14H,3-10H2,1-2H3,(H,16,17). The van der Waals surface area contributed by atoms with Gasteiger partial charge in [0.05, 0.1) is 6.10 Å². The molecular weight excluding hydrogens is 232 g/mol. The average molecular weight is 258 g/mol. The molecule has 1 fully saturated rings. The van der Waals surface area contributed by atoms with Crippen molar-refractivity contribution in [1.82, 2.24) is 10.2 Å². The Balaban J connectivity index is 2.39. The predicted octanol–water partition coefficient (Wildman–Crippen LogP) is 0.940. The third-order valence-corrected chi connectivity index (χ3v) is 3.24. The fourth-order valence-electron chi connectivity index (χ4n) is 2.36. The topological polar surface area (TPSA) is 61.8 Å². The Hall–Kier alpha value is -0.650. The summed E-state index contributed by atoms with van der Waals surface area (Å²) in [7, 11) is 0. The molecule has 0 spiro atoms. The van der Waals surface area contributed by atoms with Crippen LogP contribution in [-0.4, -0.2) is 60.9 Å². The van der Waals surface area contributed by atoms with Crippen molar-refractivity contribution in [3.05, 3.63) is 0 Å². The number of likely N-dealkylation sites (tertiary alicyclic amines) is 1. The van der Waals surface area contributed by atoms with E-state index in [1.165, 1.54) is 0 Å². The second-order valence-corrected chi connectivity index (χ2v) is 4.82. The zero-order valence-corrected chi connectivity index (χ0v) is 11.5. The molecule has 2 unspecified atom stereocenters. The zero-order valence-electron chi connectivity index (χ0n) is 11.5. The van der Waals surface area contributed by atoms with Gasteiger partial charge < -0.3 is 15.2 Å². The van der Waals surface area contributed by atoms with Gasteiger partial charge in [0.1, 0.15) is 6.04 Å². The van der Waals surface area contributed by atoms with Gasteiger partial charge in [0.2, 0.25) is 0 Å². The highest BCUT2D eigenvalue weighted by Gasteiger charge is 2.25. The Morgan fingerprint density at radius 3 is 2.94 bits per heavy atom. The molecule has 1 aliphatic rings. The van der Waals surface area contributed by atoms with E-state index in [-0.39, 0.29) is 6.10 Å². The van der Waals surface area contributed by atoms with Gasteiger partial charge in [-0.1, -0.05) is 6.92 Å². The number of piperidine rings is 1. The summed E-state index contributed by atoms with van der Waals surface area (Å²) in [5, 5.41) is 12.3. The van der Waals surface area contributed by atoms with Crippen LogP contribution in [0.15, 0.2) is 0 Å². The van der Waals surface area contributed by atoms with Crippen LogP contribution in [0.2, 0.25) is 0 Å². The molecule has 1 heterocycles. The first-order chi connectivity index (χ1) is 8.67. The number of rotatable bonds is 8. The second-order valence-electron chi connectivity index (χ2n) is 4.82. The summed E-state index contributed by atoms with van der Waals surface area (Å²) < 4.78 is 5.63. The maximum atomic E-state index is 11.2. The molecule has 106 valence electrons. The number of nitrogens with zero attached hydrogens (tertiary/aromatic N) is 1. The SMILES string of the molecule is CCCNC(CN1CCCC(OCC)C1)C(=O)O. The van der Waals surface area contributed by atoms with Crippen molar-refractivity contribution in [1.29, 1.82) is 0 Å². The lowest BCUT2D eigenvalue weighted by molar-refractivity contribution is -0.140. The smallest absolute Gasteiger partial charge is 0.322 e. The number of nitrogens with one attached hydrogen (secondary N) is 1.